The highest BCUT2D eigenvalue weighted by Crippen LogP contribution is 2.42. The average Bonchev–Trinajstić information content (AvgIpc) is 2.93. The first-order valence-electron chi connectivity index (χ1n) is 15.0. The molecule has 0 rings (SSSR count). The van der Waals surface area contributed by atoms with Crippen LogP contribution in [0.15, 0.2) is 36.5 Å². The molecule has 2 atom stereocenters. The number of hydrogen-bond acceptors (Lipinski definition) is 7. The molecule has 0 aliphatic rings. The molecule has 9 nitrogen and oxygen atoms in total. The monoisotopic (exact) mass is 587 g/mol. The fraction of sp³-hybridized carbons (Fsp3) is 0.733. The first kappa shape index (κ1) is 38.2. The van der Waals surface area contributed by atoms with Crippen molar-refractivity contribution in [3.8, 4) is 0 Å². The predicted octanol–water partition coefficient (Wildman–Crippen LogP) is 6.70. The summed E-state index contributed by atoms with van der Waals surface area (Å²) in [5.41, 5.74) is 0. The molecule has 0 radical (unpaired) electrons. The van der Waals surface area contributed by atoms with Crippen molar-refractivity contribution >= 4 is 19.7 Å². The summed E-state index contributed by atoms with van der Waals surface area (Å²) >= 11 is 0. The third-order valence-electron chi connectivity index (χ3n) is 5.83. The van der Waals surface area contributed by atoms with Crippen molar-refractivity contribution in [2.24, 2.45) is 0 Å². The number of hydrogen-bond donors (Lipinski definition) is 3. The Kier molecular flexibility index (Phi) is 26.2. The van der Waals surface area contributed by atoms with Crippen molar-refractivity contribution in [3.63, 3.8) is 0 Å². The summed E-state index contributed by atoms with van der Waals surface area (Å²) in [6.07, 6.45) is 25.7. The van der Waals surface area contributed by atoms with E-state index in [1.807, 2.05) is 0 Å². The highest BCUT2D eigenvalue weighted by Gasteiger charge is 2.23. The van der Waals surface area contributed by atoms with Gasteiger partial charge in [0.05, 0.1) is 13.2 Å². The van der Waals surface area contributed by atoms with E-state index in [-0.39, 0.29) is 32.1 Å². The number of phosphoric acid groups is 1. The summed E-state index contributed by atoms with van der Waals surface area (Å²) in [4.78, 5) is 33.2. The minimum absolute atomic E-state index is 0.0713. The molecule has 0 aromatic heterocycles. The molecule has 0 heterocycles. The molecule has 40 heavy (non-hydrogen) atoms. The van der Waals surface area contributed by atoms with Crippen molar-refractivity contribution < 1.29 is 37.9 Å². The Balaban J connectivity index is 3.67. The summed E-state index contributed by atoms with van der Waals surface area (Å²) in [6, 6.07) is 0. The molecular formula is C30H54NO8P. The molecule has 0 aliphatic heterocycles. The van der Waals surface area contributed by atoms with Crippen LogP contribution in [-0.4, -0.2) is 54.3 Å². The standard InChI is InChI=1S/C30H54NO8P/c1-3-5-7-9-10-11-12-13-14-15-16-17-18-19-20-22-29(33)31-24-25-38-40(35,36)39-27-28(32)26-37-30(34)23-21-8-6-4-2/h5,7,10-11,13-14,28,32H,3-4,6,8-9,12,15-27H2,1-2H3,(H,31,33)(H,35,36)/b7-5-,11-10-,14-13-. The lowest BCUT2D eigenvalue weighted by molar-refractivity contribution is -0.147. The summed E-state index contributed by atoms with van der Waals surface area (Å²) in [6.45, 7) is 3.23. The third-order valence-corrected chi connectivity index (χ3v) is 6.82. The second-order valence-electron chi connectivity index (χ2n) is 9.70. The van der Waals surface area contributed by atoms with Crippen LogP contribution in [0.25, 0.3) is 0 Å². The molecule has 0 saturated carbocycles. The number of rotatable bonds is 27. The van der Waals surface area contributed by atoms with Crippen molar-refractivity contribution in [2.75, 3.05) is 26.4 Å². The SMILES string of the molecule is CC/C=C\C/C=C\C/C=C\CCCCCCCC(=O)NCCOP(=O)(O)OCC(O)COC(=O)CCCCCC. The van der Waals surface area contributed by atoms with E-state index >= 15 is 0 Å². The largest absolute Gasteiger partial charge is 0.472 e. The molecule has 0 saturated heterocycles. The van der Waals surface area contributed by atoms with E-state index < -0.39 is 26.5 Å². The lowest BCUT2D eigenvalue weighted by Gasteiger charge is -2.15. The molecule has 0 fully saturated rings. The third kappa shape index (κ3) is 27.8. The van der Waals surface area contributed by atoms with Crippen LogP contribution in [0.4, 0.5) is 0 Å². The summed E-state index contributed by atoms with van der Waals surface area (Å²) in [5, 5.41) is 12.4. The Bertz CT molecular complexity index is 769. The van der Waals surface area contributed by atoms with Gasteiger partial charge in [0.1, 0.15) is 12.7 Å². The van der Waals surface area contributed by atoms with Crippen molar-refractivity contribution in [2.45, 2.75) is 116 Å². The van der Waals surface area contributed by atoms with Gasteiger partial charge in [-0.1, -0.05) is 88.8 Å². The lowest BCUT2D eigenvalue weighted by atomic mass is 10.1. The molecular weight excluding hydrogens is 533 g/mol. The second kappa shape index (κ2) is 27.4. The zero-order chi connectivity index (χ0) is 29.7. The number of unbranched alkanes of at least 4 members (excludes halogenated alkanes) is 8. The molecule has 10 heteroatoms. The first-order valence-corrected chi connectivity index (χ1v) is 16.5. The Morgan fingerprint density at radius 3 is 2.15 bits per heavy atom. The minimum Gasteiger partial charge on any atom is -0.463 e. The van der Waals surface area contributed by atoms with Crippen LogP contribution in [0.3, 0.4) is 0 Å². The quantitative estimate of drug-likeness (QED) is 0.0419. The maximum Gasteiger partial charge on any atom is 0.472 e. The molecule has 3 N–H and O–H groups in total. The fourth-order valence-electron chi connectivity index (χ4n) is 3.57. The van der Waals surface area contributed by atoms with Crippen molar-refractivity contribution in [1.29, 1.82) is 0 Å². The number of esters is 1. The van der Waals surface area contributed by atoms with Gasteiger partial charge in [0.15, 0.2) is 0 Å². The van der Waals surface area contributed by atoms with Gasteiger partial charge in [-0.2, -0.15) is 0 Å². The number of allylic oxidation sites excluding steroid dienone is 6. The highest BCUT2D eigenvalue weighted by atomic mass is 31.2. The van der Waals surface area contributed by atoms with Gasteiger partial charge in [0.25, 0.3) is 0 Å². The molecule has 1 amide bonds. The van der Waals surface area contributed by atoms with E-state index in [0.717, 1.165) is 83.5 Å². The normalized spacial score (nSPS) is 14.2. The number of nitrogens with one attached hydrogen (secondary N) is 1. The zero-order valence-electron chi connectivity index (χ0n) is 24.8. The minimum atomic E-state index is -4.39. The van der Waals surface area contributed by atoms with E-state index in [2.05, 4.69) is 55.6 Å². The molecule has 0 bridgehead atoms. The van der Waals surface area contributed by atoms with E-state index in [1.54, 1.807) is 0 Å². The number of phosphoric ester groups is 1. The first-order chi connectivity index (χ1) is 19.3. The fourth-order valence-corrected chi connectivity index (χ4v) is 4.32. The number of carbonyl (C=O) groups is 2. The molecule has 0 spiro atoms. The van der Waals surface area contributed by atoms with E-state index in [9.17, 15) is 24.2 Å². The van der Waals surface area contributed by atoms with Crippen LogP contribution >= 0.6 is 7.82 Å². The zero-order valence-corrected chi connectivity index (χ0v) is 25.7. The Labute approximate surface area is 242 Å². The maximum absolute atomic E-state index is 11.9. The second-order valence-corrected chi connectivity index (χ2v) is 11.1. The van der Waals surface area contributed by atoms with Crippen LogP contribution in [0.2, 0.25) is 0 Å². The van der Waals surface area contributed by atoms with Crippen LogP contribution in [0.5, 0.6) is 0 Å². The van der Waals surface area contributed by atoms with Gasteiger partial charge in [-0.25, -0.2) is 4.57 Å². The van der Waals surface area contributed by atoms with Gasteiger partial charge < -0.3 is 20.1 Å². The van der Waals surface area contributed by atoms with Gasteiger partial charge >= 0.3 is 13.8 Å². The number of amides is 1. The Morgan fingerprint density at radius 1 is 0.800 bits per heavy atom. The Morgan fingerprint density at radius 2 is 1.43 bits per heavy atom. The molecule has 232 valence electrons. The van der Waals surface area contributed by atoms with E-state index in [0.29, 0.717) is 6.42 Å². The van der Waals surface area contributed by atoms with E-state index in [1.165, 1.54) is 0 Å². The van der Waals surface area contributed by atoms with Crippen LogP contribution < -0.4 is 5.32 Å². The van der Waals surface area contributed by atoms with Gasteiger partial charge in [-0.3, -0.25) is 18.6 Å². The van der Waals surface area contributed by atoms with Crippen LogP contribution in [-0.2, 0) is 27.9 Å². The number of carbonyl (C=O) groups excluding carboxylic acids is 2. The summed E-state index contributed by atoms with van der Waals surface area (Å²) in [5.74, 6) is -0.557. The lowest BCUT2D eigenvalue weighted by Crippen LogP contribution is -2.27. The number of aliphatic hydroxyl groups is 1. The Hall–Kier alpha value is -1.77. The smallest absolute Gasteiger partial charge is 0.463 e. The van der Waals surface area contributed by atoms with Gasteiger partial charge in [0, 0.05) is 19.4 Å². The molecule has 0 aromatic rings. The van der Waals surface area contributed by atoms with Crippen molar-refractivity contribution in [3.05, 3.63) is 36.5 Å². The highest BCUT2D eigenvalue weighted by molar-refractivity contribution is 7.47. The van der Waals surface area contributed by atoms with Gasteiger partial charge in [0.2, 0.25) is 5.91 Å². The van der Waals surface area contributed by atoms with Crippen LogP contribution in [0.1, 0.15) is 110 Å². The molecule has 0 aliphatic carbocycles. The predicted molar refractivity (Wildman–Crippen MR) is 160 cm³/mol. The average molecular weight is 588 g/mol. The summed E-state index contributed by atoms with van der Waals surface area (Å²) in [7, 11) is -4.39. The maximum atomic E-state index is 11.9. The van der Waals surface area contributed by atoms with Gasteiger partial charge in [-0.15, -0.1) is 0 Å². The van der Waals surface area contributed by atoms with E-state index in [4.69, 9.17) is 13.8 Å². The molecule has 0 aromatic carbocycles. The molecule has 2 unspecified atom stereocenters. The van der Waals surface area contributed by atoms with Gasteiger partial charge in [-0.05, 0) is 44.9 Å². The number of ether oxygens (including phenoxy) is 1. The summed E-state index contributed by atoms with van der Waals surface area (Å²) < 4.78 is 26.4. The van der Waals surface area contributed by atoms with Crippen molar-refractivity contribution in [1.82, 2.24) is 5.32 Å². The number of aliphatic hydroxyl groups excluding tert-OH is 1. The van der Waals surface area contributed by atoms with Crippen LogP contribution in [0, 0.1) is 0 Å². The topological polar surface area (TPSA) is 131 Å².